The van der Waals surface area contributed by atoms with Crippen LogP contribution in [0.5, 0.6) is 0 Å². The molecule has 1 aromatic rings. The van der Waals surface area contributed by atoms with Gasteiger partial charge in [0.1, 0.15) is 0 Å². The number of H-pyrrole nitrogens is 1. The zero-order valence-electron chi connectivity index (χ0n) is 5.66. The maximum absolute atomic E-state index is 10.3. The molecule has 0 spiro atoms. The molecule has 0 aliphatic heterocycles. The first-order valence-corrected chi connectivity index (χ1v) is 3.00. The molecule has 3 N–H and O–H groups in total. The lowest BCUT2D eigenvalue weighted by Crippen LogP contribution is -1.95. The smallest absolute Gasteiger partial charge is 0.356 e. The largest absolute Gasteiger partial charge is 0.476 e. The number of nitrogens with zero attached hydrogens (tertiary/aromatic N) is 1. The van der Waals surface area contributed by atoms with Gasteiger partial charge in [0.25, 0.3) is 0 Å². The van der Waals surface area contributed by atoms with Gasteiger partial charge in [-0.25, -0.2) is 4.79 Å². The van der Waals surface area contributed by atoms with Crippen LogP contribution in [0.15, 0.2) is 6.07 Å². The number of aromatic nitrogens is 2. The molecule has 0 aromatic carbocycles. The normalized spacial score (nSPS) is 9.45. The molecule has 0 amide bonds. The number of carbonyl (C=O) groups is 1. The summed E-state index contributed by atoms with van der Waals surface area (Å²) in [5.74, 6) is -1.06. The summed E-state index contributed by atoms with van der Waals surface area (Å²) < 4.78 is 0. The number of carboxylic acid groups (broad SMARTS) is 1. The lowest BCUT2D eigenvalue weighted by atomic mass is 10.3. The van der Waals surface area contributed by atoms with Crippen molar-refractivity contribution in [2.75, 3.05) is 0 Å². The Labute approximate surface area is 62.6 Å². The minimum Gasteiger partial charge on any atom is -0.476 e. The number of aromatic amines is 1. The molecule has 5 nitrogen and oxygen atoms in total. The van der Waals surface area contributed by atoms with Crippen LogP contribution >= 0.6 is 0 Å². The molecule has 0 saturated carbocycles. The average molecular weight is 153 g/mol. The van der Waals surface area contributed by atoms with Crippen molar-refractivity contribution in [3.05, 3.63) is 17.5 Å². The number of hydrogen-bond acceptors (Lipinski definition) is 3. The van der Waals surface area contributed by atoms with Gasteiger partial charge < -0.3 is 10.5 Å². The van der Waals surface area contributed by atoms with Crippen LogP contribution in [0.1, 0.15) is 16.2 Å². The third-order valence-electron chi connectivity index (χ3n) is 1.17. The van der Waals surface area contributed by atoms with Crippen LogP contribution in [0.3, 0.4) is 0 Å². The van der Waals surface area contributed by atoms with Gasteiger partial charge in [0.05, 0.1) is 0 Å². The van der Waals surface area contributed by atoms with Gasteiger partial charge >= 0.3 is 5.97 Å². The average Bonchev–Trinajstić information content (AvgIpc) is 2.37. The van der Waals surface area contributed by atoms with E-state index in [-0.39, 0.29) is 5.69 Å². The molecule has 0 fully saturated rings. The Morgan fingerprint density at radius 1 is 1.91 bits per heavy atom. The summed E-state index contributed by atoms with van der Waals surface area (Å²) >= 11 is 0. The molecule has 1 aromatic heterocycles. The van der Waals surface area contributed by atoms with Crippen molar-refractivity contribution in [3.63, 3.8) is 0 Å². The highest BCUT2D eigenvalue weighted by Crippen LogP contribution is 1.98. The van der Waals surface area contributed by atoms with Gasteiger partial charge in [-0.1, -0.05) is 0 Å². The van der Waals surface area contributed by atoms with Gasteiger partial charge in [0, 0.05) is 18.3 Å². The summed E-state index contributed by atoms with van der Waals surface area (Å²) in [5.41, 5.74) is 0.624. The van der Waals surface area contributed by atoms with E-state index in [9.17, 15) is 4.79 Å². The van der Waals surface area contributed by atoms with Crippen LogP contribution in [0.4, 0.5) is 0 Å². The monoisotopic (exact) mass is 153 g/mol. The number of carboxylic acids is 1. The standard InChI is InChI=1S/C6H7N3O2/c7-2-1-4-3-5(6(10)11)9-8-4/h2-3,7H,1H2,(H,8,9)(H,10,11). The molecule has 0 saturated heterocycles. The fourth-order valence-electron chi connectivity index (χ4n) is 0.686. The number of hydrogen-bond donors (Lipinski definition) is 3. The fourth-order valence-corrected chi connectivity index (χ4v) is 0.686. The number of aromatic carboxylic acids is 1. The predicted molar refractivity (Wildman–Crippen MR) is 38.0 cm³/mol. The van der Waals surface area contributed by atoms with E-state index in [1.807, 2.05) is 0 Å². The molecule has 0 unspecified atom stereocenters. The lowest BCUT2D eigenvalue weighted by Gasteiger charge is -1.81. The van der Waals surface area contributed by atoms with Crippen molar-refractivity contribution in [2.24, 2.45) is 0 Å². The number of rotatable bonds is 3. The van der Waals surface area contributed by atoms with Crippen LogP contribution in [-0.2, 0) is 6.42 Å². The summed E-state index contributed by atoms with van der Waals surface area (Å²) in [6.07, 6.45) is 1.57. The zero-order valence-corrected chi connectivity index (χ0v) is 5.66. The first-order valence-electron chi connectivity index (χ1n) is 3.00. The molecule has 0 bridgehead atoms. The van der Waals surface area contributed by atoms with Gasteiger partial charge in [0.2, 0.25) is 0 Å². The van der Waals surface area contributed by atoms with Crippen molar-refractivity contribution in [2.45, 2.75) is 6.42 Å². The topological polar surface area (TPSA) is 89.8 Å². The van der Waals surface area contributed by atoms with Gasteiger partial charge in [-0.05, 0) is 6.07 Å². The fraction of sp³-hybridized carbons (Fsp3) is 0.167. The van der Waals surface area contributed by atoms with Crippen LogP contribution in [0.2, 0.25) is 0 Å². The van der Waals surface area contributed by atoms with E-state index in [2.05, 4.69) is 10.2 Å². The Kier molecular flexibility index (Phi) is 2.00. The van der Waals surface area contributed by atoms with Crippen molar-refractivity contribution >= 4 is 12.2 Å². The van der Waals surface area contributed by atoms with E-state index in [0.717, 1.165) is 0 Å². The van der Waals surface area contributed by atoms with E-state index in [1.165, 1.54) is 12.3 Å². The van der Waals surface area contributed by atoms with Crippen molar-refractivity contribution in [3.8, 4) is 0 Å². The Morgan fingerprint density at radius 2 is 2.64 bits per heavy atom. The molecular formula is C6H7N3O2. The van der Waals surface area contributed by atoms with Gasteiger partial charge in [-0.3, -0.25) is 5.10 Å². The summed E-state index contributed by atoms with van der Waals surface area (Å²) in [4.78, 5) is 10.3. The minimum atomic E-state index is -1.06. The molecule has 1 heterocycles. The van der Waals surface area contributed by atoms with E-state index in [4.69, 9.17) is 10.5 Å². The molecule has 5 heteroatoms. The summed E-state index contributed by atoms with van der Waals surface area (Å²) in [6.45, 7) is 0. The Hall–Kier alpha value is -1.65. The van der Waals surface area contributed by atoms with E-state index in [1.54, 1.807) is 0 Å². The zero-order chi connectivity index (χ0) is 8.27. The molecular weight excluding hydrogens is 146 g/mol. The maximum atomic E-state index is 10.3. The first-order chi connectivity index (χ1) is 5.24. The highest BCUT2D eigenvalue weighted by molar-refractivity contribution is 5.85. The van der Waals surface area contributed by atoms with Crippen LogP contribution in [-0.4, -0.2) is 27.5 Å². The third kappa shape index (κ3) is 1.64. The second-order valence-corrected chi connectivity index (χ2v) is 1.99. The predicted octanol–water partition coefficient (Wildman–Crippen LogP) is 0.300. The van der Waals surface area contributed by atoms with Crippen LogP contribution < -0.4 is 0 Å². The Balaban J connectivity index is 2.81. The van der Waals surface area contributed by atoms with Gasteiger partial charge in [0.15, 0.2) is 5.69 Å². The number of nitrogens with one attached hydrogen (secondary N) is 2. The first kappa shape index (κ1) is 7.46. The molecule has 0 aliphatic carbocycles. The van der Waals surface area contributed by atoms with E-state index < -0.39 is 5.97 Å². The van der Waals surface area contributed by atoms with Gasteiger partial charge in [-0.2, -0.15) is 5.10 Å². The molecule has 0 radical (unpaired) electrons. The maximum Gasteiger partial charge on any atom is 0.356 e. The Morgan fingerprint density at radius 3 is 3.09 bits per heavy atom. The molecule has 58 valence electrons. The lowest BCUT2D eigenvalue weighted by molar-refractivity contribution is 0.0690. The SMILES string of the molecule is N=CCc1cc(C(=O)O)n[nH]1. The summed E-state index contributed by atoms with van der Waals surface area (Å²) in [7, 11) is 0. The molecule has 0 aliphatic rings. The second-order valence-electron chi connectivity index (χ2n) is 1.99. The second kappa shape index (κ2) is 2.96. The highest BCUT2D eigenvalue weighted by Gasteiger charge is 2.06. The quantitative estimate of drug-likeness (QED) is 0.545. The van der Waals surface area contributed by atoms with Crippen LogP contribution in [0.25, 0.3) is 0 Å². The minimum absolute atomic E-state index is 0.0122. The van der Waals surface area contributed by atoms with Crippen LogP contribution in [0, 0.1) is 5.41 Å². The van der Waals surface area contributed by atoms with E-state index >= 15 is 0 Å². The summed E-state index contributed by atoms with van der Waals surface area (Å²) in [6, 6.07) is 1.41. The van der Waals surface area contributed by atoms with Crippen molar-refractivity contribution in [1.82, 2.24) is 10.2 Å². The molecule has 1 rings (SSSR count). The van der Waals surface area contributed by atoms with Crippen molar-refractivity contribution < 1.29 is 9.90 Å². The molecule has 0 atom stereocenters. The van der Waals surface area contributed by atoms with Crippen molar-refractivity contribution in [1.29, 1.82) is 5.41 Å². The summed E-state index contributed by atoms with van der Waals surface area (Å²) in [5, 5.41) is 21.2. The third-order valence-corrected chi connectivity index (χ3v) is 1.17. The van der Waals surface area contributed by atoms with E-state index in [0.29, 0.717) is 12.1 Å². The molecule has 11 heavy (non-hydrogen) atoms. The van der Waals surface area contributed by atoms with Gasteiger partial charge in [-0.15, -0.1) is 0 Å². The Bertz CT molecular complexity index is 279. The highest BCUT2D eigenvalue weighted by atomic mass is 16.4.